The smallest absolute Gasteiger partial charge is 0.0714 e. The maximum absolute atomic E-state index is 4.51. The third kappa shape index (κ3) is 0.878. The Labute approximate surface area is 92.7 Å². The highest BCUT2D eigenvalue weighted by atomic mass is 14.6. The summed E-state index contributed by atoms with van der Waals surface area (Å²) in [6.07, 6.45) is 1.96. The highest BCUT2D eigenvalue weighted by Gasteiger charge is 2.06. The van der Waals surface area contributed by atoms with Crippen LogP contribution in [0.2, 0.25) is 0 Å². The normalized spacial score (nSPS) is 11.8. The SMILES string of the molecule is c1cc2ccc3cccc4ncc(c1)c2c34. The Morgan fingerprint density at radius 1 is 0.625 bits per heavy atom. The minimum Gasteiger partial charge on any atom is -0.256 e. The van der Waals surface area contributed by atoms with Gasteiger partial charge >= 0.3 is 0 Å². The lowest BCUT2D eigenvalue weighted by Gasteiger charge is -2.08. The van der Waals surface area contributed by atoms with Gasteiger partial charge in [0.2, 0.25) is 0 Å². The van der Waals surface area contributed by atoms with Gasteiger partial charge in [-0.2, -0.15) is 0 Å². The summed E-state index contributed by atoms with van der Waals surface area (Å²) >= 11 is 0. The second-order valence-corrected chi connectivity index (χ2v) is 4.14. The first-order chi connectivity index (χ1) is 7.93. The maximum Gasteiger partial charge on any atom is 0.0714 e. The fraction of sp³-hybridized carbons (Fsp3) is 0. The Balaban J connectivity index is 2.51. The van der Waals surface area contributed by atoms with Crippen LogP contribution in [0.5, 0.6) is 0 Å². The highest BCUT2D eigenvalue weighted by Crippen LogP contribution is 2.32. The molecule has 1 heteroatoms. The molecule has 74 valence electrons. The van der Waals surface area contributed by atoms with E-state index in [4.69, 9.17) is 0 Å². The van der Waals surface area contributed by atoms with Crippen molar-refractivity contribution in [2.24, 2.45) is 0 Å². The summed E-state index contributed by atoms with van der Waals surface area (Å²) in [6.45, 7) is 0. The molecule has 0 atom stereocenters. The van der Waals surface area contributed by atoms with Gasteiger partial charge in [0, 0.05) is 22.4 Å². The van der Waals surface area contributed by atoms with E-state index in [1.165, 1.54) is 26.9 Å². The fourth-order valence-corrected chi connectivity index (χ4v) is 2.52. The van der Waals surface area contributed by atoms with Crippen LogP contribution in [-0.2, 0) is 0 Å². The van der Waals surface area contributed by atoms with Crippen molar-refractivity contribution in [1.82, 2.24) is 4.98 Å². The van der Waals surface area contributed by atoms with E-state index in [-0.39, 0.29) is 0 Å². The molecule has 0 spiro atoms. The predicted octanol–water partition coefficient (Wildman–Crippen LogP) is 3.98. The first-order valence-electron chi connectivity index (χ1n) is 5.42. The molecule has 16 heavy (non-hydrogen) atoms. The van der Waals surface area contributed by atoms with Gasteiger partial charge in [-0.1, -0.05) is 42.5 Å². The summed E-state index contributed by atoms with van der Waals surface area (Å²) in [5.74, 6) is 0. The van der Waals surface area contributed by atoms with E-state index in [0.717, 1.165) is 5.52 Å². The topological polar surface area (TPSA) is 12.9 Å². The van der Waals surface area contributed by atoms with Crippen LogP contribution < -0.4 is 0 Å². The van der Waals surface area contributed by atoms with Gasteiger partial charge < -0.3 is 0 Å². The van der Waals surface area contributed by atoms with E-state index in [2.05, 4.69) is 53.5 Å². The molecule has 0 saturated heterocycles. The van der Waals surface area contributed by atoms with E-state index in [9.17, 15) is 0 Å². The number of rotatable bonds is 0. The summed E-state index contributed by atoms with van der Waals surface area (Å²) in [6, 6.07) is 17.0. The van der Waals surface area contributed by atoms with E-state index < -0.39 is 0 Å². The second-order valence-electron chi connectivity index (χ2n) is 4.14. The molecule has 1 aromatic heterocycles. The van der Waals surface area contributed by atoms with Gasteiger partial charge in [-0.05, 0) is 16.8 Å². The molecule has 1 heterocycles. The molecule has 0 amide bonds. The molecule has 0 unspecified atom stereocenters. The van der Waals surface area contributed by atoms with Crippen LogP contribution in [-0.4, -0.2) is 4.98 Å². The monoisotopic (exact) mass is 203 g/mol. The van der Waals surface area contributed by atoms with Crippen molar-refractivity contribution < 1.29 is 0 Å². The van der Waals surface area contributed by atoms with Crippen molar-refractivity contribution in [2.75, 3.05) is 0 Å². The van der Waals surface area contributed by atoms with E-state index >= 15 is 0 Å². The number of aromatic nitrogens is 1. The molecule has 0 saturated carbocycles. The van der Waals surface area contributed by atoms with Crippen LogP contribution in [0.1, 0.15) is 0 Å². The van der Waals surface area contributed by atoms with Crippen LogP contribution >= 0.6 is 0 Å². The Morgan fingerprint density at radius 3 is 2.19 bits per heavy atom. The zero-order chi connectivity index (χ0) is 10.5. The zero-order valence-electron chi connectivity index (χ0n) is 8.64. The minimum atomic E-state index is 1.09. The van der Waals surface area contributed by atoms with Gasteiger partial charge in [-0.3, -0.25) is 4.98 Å². The Hall–Kier alpha value is -2.15. The lowest BCUT2D eigenvalue weighted by Crippen LogP contribution is -1.85. The second kappa shape index (κ2) is 2.70. The lowest BCUT2D eigenvalue weighted by atomic mass is 9.98. The van der Waals surface area contributed by atoms with Crippen LogP contribution in [0.4, 0.5) is 0 Å². The van der Waals surface area contributed by atoms with Crippen molar-refractivity contribution in [2.45, 2.75) is 0 Å². The molecule has 0 N–H and O–H groups in total. The van der Waals surface area contributed by atoms with Crippen molar-refractivity contribution >= 4 is 32.4 Å². The fourth-order valence-electron chi connectivity index (χ4n) is 2.52. The van der Waals surface area contributed by atoms with E-state index in [1.807, 2.05) is 6.20 Å². The van der Waals surface area contributed by atoms with Gasteiger partial charge in [-0.15, -0.1) is 0 Å². The molecule has 3 aromatic carbocycles. The number of hydrogen-bond donors (Lipinski definition) is 0. The molecular weight excluding hydrogens is 194 g/mol. The van der Waals surface area contributed by atoms with Gasteiger partial charge in [-0.25, -0.2) is 0 Å². The first kappa shape index (κ1) is 8.05. The van der Waals surface area contributed by atoms with Gasteiger partial charge in [0.05, 0.1) is 5.52 Å². The number of nitrogens with zero attached hydrogens (tertiary/aromatic N) is 1. The quantitative estimate of drug-likeness (QED) is 0.394. The number of benzene rings is 3. The molecule has 0 fully saturated rings. The number of hydrogen-bond acceptors (Lipinski definition) is 1. The van der Waals surface area contributed by atoms with E-state index in [0.29, 0.717) is 0 Å². The van der Waals surface area contributed by atoms with Gasteiger partial charge in [0.1, 0.15) is 0 Å². The third-order valence-electron chi connectivity index (χ3n) is 3.24. The summed E-state index contributed by atoms with van der Waals surface area (Å²) < 4.78 is 0. The molecule has 4 rings (SSSR count). The number of pyridine rings is 1. The maximum atomic E-state index is 4.51. The summed E-state index contributed by atoms with van der Waals surface area (Å²) in [5, 5.41) is 6.42. The van der Waals surface area contributed by atoms with Crippen molar-refractivity contribution in [3.8, 4) is 0 Å². The lowest BCUT2D eigenvalue weighted by molar-refractivity contribution is 1.45. The van der Waals surface area contributed by atoms with E-state index in [1.54, 1.807) is 0 Å². The molecule has 0 bridgehead atoms. The van der Waals surface area contributed by atoms with Crippen LogP contribution in [0.15, 0.2) is 54.7 Å². The zero-order valence-corrected chi connectivity index (χ0v) is 8.64. The molecule has 0 aliphatic carbocycles. The molecule has 1 nitrogen and oxygen atoms in total. The molecule has 0 aliphatic rings. The van der Waals surface area contributed by atoms with Crippen LogP contribution in [0.25, 0.3) is 32.4 Å². The van der Waals surface area contributed by atoms with Gasteiger partial charge in [0.25, 0.3) is 0 Å². The van der Waals surface area contributed by atoms with Crippen molar-refractivity contribution in [1.29, 1.82) is 0 Å². The highest BCUT2D eigenvalue weighted by molar-refractivity contribution is 6.21. The van der Waals surface area contributed by atoms with Crippen LogP contribution in [0.3, 0.4) is 0 Å². The summed E-state index contributed by atoms with van der Waals surface area (Å²) in [4.78, 5) is 4.51. The first-order valence-corrected chi connectivity index (χ1v) is 5.42. The molecular formula is C15H9N. The summed E-state index contributed by atoms with van der Waals surface area (Å²) in [7, 11) is 0. The Bertz CT molecular complexity index is 672. The van der Waals surface area contributed by atoms with Crippen molar-refractivity contribution in [3.63, 3.8) is 0 Å². The predicted molar refractivity (Wildman–Crippen MR) is 67.9 cm³/mol. The Morgan fingerprint density at radius 2 is 1.31 bits per heavy atom. The van der Waals surface area contributed by atoms with Crippen LogP contribution in [0, 0.1) is 0 Å². The van der Waals surface area contributed by atoms with Gasteiger partial charge in [0.15, 0.2) is 0 Å². The average Bonchev–Trinajstić information content (AvgIpc) is 2.36. The average molecular weight is 203 g/mol. The molecule has 4 aromatic rings. The summed E-state index contributed by atoms with van der Waals surface area (Å²) in [5.41, 5.74) is 1.09. The minimum absolute atomic E-state index is 1.09. The Kier molecular flexibility index (Phi) is 1.36. The standard InChI is InChI=1S/C15H9N/c1-3-10-7-8-11-4-2-6-13-15(11)14(10)12(5-1)9-16-13/h1-9H. The molecule has 0 radical (unpaired) electrons. The van der Waals surface area contributed by atoms with Crippen molar-refractivity contribution in [3.05, 3.63) is 54.7 Å². The third-order valence-corrected chi connectivity index (χ3v) is 3.24. The molecule has 0 aliphatic heterocycles. The largest absolute Gasteiger partial charge is 0.256 e.